The minimum atomic E-state index is 0.380. The molecule has 13 heteroatoms. The second-order valence-electron chi connectivity index (χ2n) is 4.56. The minimum Gasteiger partial charge on any atom is -0.335 e. The third-order valence-electron chi connectivity index (χ3n) is 2.91. The molecule has 0 saturated carbocycles. The minimum absolute atomic E-state index is 0.380. The number of hydrogen-bond acceptors (Lipinski definition) is 9. The topological polar surface area (TPSA) is 132 Å². The largest absolute Gasteiger partial charge is 0.335 e. The predicted molar refractivity (Wildman–Crippen MR) is 98.5 cm³/mol. The van der Waals surface area contributed by atoms with Crippen molar-refractivity contribution < 1.29 is 0 Å². The smallest absolute Gasteiger partial charge is 0.214 e. The molecule has 126 valence electrons. The molecular weight excluding hydrogens is 386 g/mol. The number of aromatic nitrogens is 7. The second kappa shape index (κ2) is 7.38. The van der Waals surface area contributed by atoms with Crippen LogP contribution in [0.1, 0.15) is 11.4 Å². The molecule has 0 aliphatic heterocycles. The molecule has 0 aromatic carbocycles. The summed E-state index contributed by atoms with van der Waals surface area (Å²) < 4.78 is 3.43. The molecule has 0 aliphatic carbocycles. The molecule has 9 nitrogen and oxygen atoms in total. The highest BCUT2D eigenvalue weighted by atomic mass is 32.2. The summed E-state index contributed by atoms with van der Waals surface area (Å²) in [5.41, 5.74) is 1.83. The molecule has 3 heterocycles. The quantitative estimate of drug-likeness (QED) is 0.277. The highest BCUT2D eigenvalue weighted by Gasteiger charge is 2.08. The van der Waals surface area contributed by atoms with Gasteiger partial charge in [-0.3, -0.25) is 4.98 Å². The first-order chi connectivity index (χ1) is 11.5. The molecule has 0 bridgehead atoms. The van der Waals surface area contributed by atoms with Crippen molar-refractivity contribution in [1.29, 1.82) is 0 Å². The maximum atomic E-state index is 5.77. The van der Waals surface area contributed by atoms with E-state index in [1.165, 1.54) is 32.9 Å². The molecule has 3 rings (SSSR count). The third-order valence-corrected chi connectivity index (χ3v) is 5.46. The maximum absolute atomic E-state index is 5.77. The zero-order chi connectivity index (χ0) is 17.1. The Balaban J connectivity index is 1.63. The van der Waals surface area contributed by atoms with Crippen LogP contribution in [0.15, 0.2) is 28.5 Å². The predicted octanol–water partition coefficient (Wildman–Crippen LogP) is 1.60. The Bertz CT molecular complexity index is 879. The van der Waals surface area contributed by atoms with Crippen molar-refractivity contribution in [3.05, 3.63) is 39.1 Å². The van der Waals surface area contributed by atoms with Crippen LogP contribution in [0.4, 0.5) is 0 Å². The standard InChI is InChI=1S/C11H13N9S4/c12-19-8(21)15-17-10(19)23-4-6-2-1-3-7(14-6)5-24-11-18-16-9(22)20(11)13/h1-3H,4-5,12-13H2,(H,15,21)(H,16,22). The van der Waals surface area contributed by atoms with Gasteiger partial charge in [0.1, 0.15) is 0 Å². The molecule has 0 spiro atoms. The first-order valence-corrected chi connectivity index (χ1v) is 9.39. The highest BCUT2D eigenvalue weighted by molar-refractivity contribution is 7.98. The normalized spacial score (nSPS) is 11.0. The Hall–Kier alpha value is -1.83. The van der Waals surface area contributed by atoms with Crippen molar-refractivity contribution in [2.45, 2.75) is 21.8 Å². The average molecular weight is 400 g/mol. The van der Waals surface area contributed by atoms with E-state index in [1.54, 1.807) is 0 Å². The Morgan fingerprint density at radius 3 is 1.75 bits per heavy atom. The lowest BCUT2D eigenvalue weighted by atomic mass is 10.3. The fourth-order valence-electron chi connectivity index (χ4n) is 1.75. The molecule has 0 aliphatic rings. The zero-order valence-corrected chi connectivity index (χ0v) is 15.4. The van der Waals surface area contributed by atoms with Gasteiger partial charge in [0.25, 0.3) is 0 Å². The van der Waals surface area contributed by atoms with E-state index in [1.807, 2.05) is 18.2 Å². The van der Waals surface area contributed by atoms with Crippen LogP contribution in [0.3, 0.4) is 0 Å². The van der Waals surface area contributed by atoms with Gasteiger partial charge in [0.2, 0.25) is 19.9 Å². The summed E-state index contributed by atoms with van der Waals surface area (Å²) in [7, 11) is 0. The van der Waals surface area contributed by atoms with E-state index in [-0.39, 0.29) is 0 Å². The highest BCUT2D eigenvalue weighted by Crippen LogP contribution is 2.21. The van der Waals surface area contributed by atoms with Gasteiger partial charge >= 0.3 is 0 Å². The molecular formula is C11H13N9S4. The molecule has 3 aromatic rings. The van der Waals surface area contributed by atoms with Gasteiger partial charge in [-0.15, -0.1) is 10.2 Å². The van der Waals surface area contributed by atoms with E-state index in [9.17, 15) is 0 Å². The van der Waals surface area contributed by atoms with Crippen molar-refractivity contribution in [3.8, 4) is 0 Å². The van der Waals surface area contributed by atoms with Gasteiger partial charge in [-0.05, 0) is 36.6 Å². The number of nitrogens with two attached hydrogens (primary N) is 2. The molecule has 0 atom stereocenters. The van der Waals surface area contributed by atoms with Gasteiger partial charge in [0, 0.05) is 11.5 Å². The summed E-state index contributed by atoms with van der Waals surface area (Å²) in [6.45, 7) is 0. The van der Waals surface area contributed by atoms with E-state index in [0.29, 0.717) is 31.4 Å². The number of nitrogen functional groups attached to an aromatic ring is 2. The lowest BCUT2D eigenvalue weighted by molar-refractivity contribution is 0.838. The van der Waals surface area contributed by atoms with Crippen LogP contribution in [0.5, 0.6) is 0 Å². The van der Waals surface area contributed by atoms with Crippen LogP contribution in [0.2, 0.25) is 0 Å². The van der Waals surface area contributed by atoms with Gasteiger partial charge in [-0.25, -0.2) is 19.5 Å². The van der Waals surface area contributed by atoms with Crippen LogP contribution in [-0.2, 0) is 11.5 Å². The van der Waals surface area contributed by atoms with Crippen molar-refractivity contribution in [3.63, 3.8) is 0 Å². The zero-order valence-electron chi connectivity index (χ0n) is 12.2. The summed E-state index contributed by atoms with van der Waals surface area (Å²) in [6.07, 6.45) is 0. The average Bonchev–Trinajstić information content (AvgIpc) is 3.08. The molecule has 0 unspecified atom stereocenters. The molecule has 0 fully saturated rings. The summed E-state index contributed by atoms with van der Waals surface area (Å²) in [5, 5.41) is 14.6. The second-order valence-corrected chi connectivity index (χ2v) is 7.22. The number of thioether (sulfide) groups is 2. The number of pyridine rings is 1. The number of nitrogens with zero attached hydrogens (tertiary/aromatic N) is 5. The van der Waals surface area contributed by atoms with Crippen molar-refractivity contribution >= 4 is 48.0 Å². The first kappa shape index (κ1) is 17.0. The van der Waals surface area contributed by atoms with Crippen LogP contribution < -0.4 is 11.7 Å². The molecule has 0 radical (unpaired) electrons. The van der Waals surface area contributed by atoms with Crippen LogP contribution in [0.25, 0.3) is 0 Å². The number of nitrogens with one attached hydrogen (secondary N) is 2. The Morgan fingerprint density at radius 2 is 1.38 bits per heavy atom. The van der Waals surface area contributed by atoms with Gasteiger partial charge in [-0.2, -0.15) is 0 Å². The van der Waals surface area contributed by atoms with Gasteiger partial charge in [0.05, 0.1) is 11.4 Å². The van der Waals surface area contributed by atoms with Crippen LogP contribution in [-0.4, -0.2) is 34.7 Å². The Kier molecular flexibility index (Phi) is 5.23. The lowest BCUT2D eigenvalue weighted by Gasteiger charge is -2.04. The molecule has 0 amide bonds. The van der Waals surface area contributed by atoms with Gasteiger partial charge in [0.15, 0.2) is 0 Å². The fourth-order valence-corrected chi connectivity index (χ4v) is 3.69. The van der Waals surface area contributed by atoms with Crippen molar-refractivity contribution in [1.82, 2.24) is 34.7 Å². The Labute approximate surface area is 155 Å². The monoisotopic (exact) mass is 399 g/mol. The lowest BCUT2D eigenvalue weighted by Crippen LogP contribution is -2.09. The molecule has 3 aromatic heterocycles. The number of hydrogen-bond donors (Lipinski definition) is 4. The van der Waals surface area contributed by atoms with Crippen molar-refractivity contribution in [2.75, 3.05) is 11.7 Å². The third kappa shape index (κ3) is 3.80. The fraction of sp³-hybridized carbons (Fsp3) is 0.182. The Morgan fingerprint density at radius 1 is 0.917 bits per heavy atom. The maximum Gasteiger partial charge on any atom is 0.214 e. The van der Waals surface area contributed by atoms with E-state index in [2.05, 4.69) is 25.4 Å². The first-order valence-electron chi connectivity index (χ1n) is 6.60. The van der Waals surface area contributed by atoms with Crippen LogP contribution >= 0.6 is 48.0 Å². The number of aromatic amines is 2. The van der Waals surface area contributed by atoms with Gasteiger partial charge in [-0.1, -0.05) is 29.6 Å². The van der Waals surface area contributed by atoms with E-state index < -0.39 is 0 Å². The SMILES string of the molecule is Nn1c(SCc2cccc(CSc3n[nH]c(=S)n3N)n2)n[nH]c1=S. The molecule has 0 saturated heterocycles. The van der Waals surface area contributed by atoms with E-state index in [0.717, 1.165) is 11.4 Å². The van der Waals surface area contributed by atoms with Crippen molar-refractivity contribution in [2.24, 2.45) is 0 Å². The summed E-state index contributed by atoms with van der Waals surface area (Å²) >= 11 is 12.9. The van der Waals surface area contributed by atoms with E-state index >= 15 is 0 Å². The summed E-state index contributed by atoms with van der Waals surface area (Å²) in [5.74, 6) is 12.8. The molecule has 6 N–H and O–H groups in total. The number of rotatable bonds is 6. The summed E-state index contributed by atoms with van der Waals surface area (Å²) in [6, 6.07) is 5.85. The van der Waals surface area contributed by atoms with E-state index in [4.69, 9.17) is 36.1 Å². The van der Waals surface area contributed by atoms with Gasteiger partial charge < -0.3 is 11.7 Å². The summed E-state index contributed by atoms with van der Waals surface area (Å²) in [4.78, 5) is 4.61. The molecule has 24 heavy (non-hydrogen) atoms. The van der Waals surface area contributed by atoms with Crippen LogP contribution in [0, 0.1) is 9.54 Å². The number of H-pyrrole nitrogens is 2.